The molecule has 0 fully saturated rings. The van der Waals surface area contributed by atoms with E-state index in [0.29, 0.717) is 13.2 Å². The maximum Gasteiger partial charge on any atom is 0.129 e. The van der Waals surface area contributed by atoms with Gasteiger partial charge in [0, 0.05) is 33.0 Å². The Hall–Kier alpha value is -1.17. The molecule has 0 aliphatic rings. The molecule has 0 aliphatic carbocycles. The monoisotopic (exact) mass is 254 g/mol. The van der Waals surface area contributed by atoms with Crippen LogP contribution in [0.4, 0.5) is 5.82 Å². The standard InChI is InChI=1S/C13H22N2O3/c1-11-8-12(10-16)9-13(14-11)15(4-6-17-2)5-7-18-3/h8-9,16H,4-7,10H2,1-3H3. The highest BCUT2D eigenvalue weighted by Crippen LogP contribution is 2.15. The zero-order chi connectivity index (χ0) is 13.4. The molecule has 5 nitrogen and oxygen atoms in total. The lowest BCUT2D eigenvalue weighted by atomic mass is 10.2. The van der Waals surface area contributed by atoms with Crippen molar-refractivity contribution in [2.75, 3.05) is 45.4 Å². The van der Waals surface area contributed by atoms with E-state index in [4.69, 9.17) is 9.47 Å². The van der Waals surface area contributed by atoms with Gasteiger partial charge in [0.1, 0.15) is 5.82 Å². The zero-order valence-corrected chi connectivity index (χ0v) is 11.3. The van der Waals surface area contributed by atoms with Crippen LogP contribution in [0.5, 0.6) is 0 Å². The van der Waals surface area contributed by atoms with E-state index in [-0.39, 0.29) is 6.61 Å². The minimum atomic E-state index is 0.0265. The maximum absolute atomic E-state index is 9.22. The van der Waals surface area contributed by atoms with Gasteiger partial charge in [-0.3, -0.25) is 0 Å². The number of ether oxygens (including phenoxy) is 2. The number of anilines is 1. The Morgan fingerprint density at radius 2 is 1.78 bits per heavy atom. The second-order valence-electron chi connectivity index (χ2n) is 4.11. The largest absolute Gasteiger partial charge is 0.392 e. The SMILES string of the molecule is COCCN(CCOC)c1cc(CO)cc(C)n1. The van der Waals surface area contributed by atoms with Gasteiger partial charge in [-0.1, -0.05) is 0 Å². The molecule has 1 aromatic rings. The molecule has 18 heavy (non-hydrogen) atoms. The first-order chi connectivity index (χ1) is 8.71. The Morgan fingerprint density at radius 3 is 2.28 bits per heavy atom. The van der Waals surface area contributed by atoms with E-state index in [2.05, 4.69) is 9.88 Å². The number of hydrogen-bond donors (Lipinski definition) is 1. The lowest BCUT2D eigenvalue weighted by Crippen LogP contribution is -2.31. The second kappa shape index (κ2) is 8.02. The quantitative estimate of drug-likeness (QED) is 0.749. The van der Waals surface area contributed by atoms with Gasteiger partial charge in [0.25, 0.3) is 0 Å². The van der Waals surface area contributed by atoms with E-state index in [1.54, 1.807) is 14.2 Å². The van der Waals surface area contributed by atoms with Gasteiger partial charge in [0.05, 0.1) is 19.8 Å². The molecule has 0 spiro atoms. The van der Waals surface area contributed by atoms with Gasteiger partial charge in [-0.15, -0.1) is 0 Å². The van der Waals surface area contributed by atoms with E-state index in [9.17, 15) is 5.11 Å². The minimum absolute atomic E-state index is 0.0265. The van der Waals surface area contributed by atoms with Gasteiger partial charge in [-0.25, -0.2) is 4.98 Å². The van der Waals surface area contributed by atoms with Crippen LogP contribution < -0.4 is 4.90 Å². The number of methoxy groups -OCH3 is 2. The van der Waals surface area contributed by atoms with Crippen molar-refractivity contribution in [1.29, 1.82) is 0 Å². The fourth-order valence-electron chi connectivity index (χ4n) is 1.72. The first kappa shape index (κ1) is 14.9. The van der Waals surface area contributed by atoms with Crippen molar-refractivity contribution in [1.82, 2.24) is 4.98 Å². The van der Waals surface area contributed by atoms with Crippen LogP contribution >= 0.6 is 0 Å². The molecular formula is C13H22N2O3. The molecule has 0 radical (unpaired) electrons. The Balaban J connectivity index is 2.84. The summed E-state index contributed by atoms with van der Waals surface area (Å²) in [6.45, 7) is 4.72. The normalized spacial score (nSPS) is 10.7. The Kier molecular flexibility index (Phi) is 6.64. The van der Waals surface area contributed by atoms with Gasteiger partial charge in [-0.2, -0.15) is 0 Å². The average Bonchev–Trinajstić information content (AvgIpc) is 2.38. The molecule has 1 aromatic heterocycles. The maximum atomic E-state index is 9.22. The first-order valence-electron chi connectivity index (χ1n) is 6.02. The molecule has 0 aliphatic heterocycles. The summed E-state index contributed by atoms with van der Waals surface area (Å²) in [5.41, 5.74) is 1.77. The molecule has 0 unspecified atom stereocenters. The summed E-state index contributed by atoms with van der Waals surface area (Å²) in [5.74, 6) is 0.855. The summed E-state index contributed by atoms with van der Waals surface area (Å²) in [5, 5.41) is 9.22. The van der Waals surface area contributed by atoms with Crippen LogP contribution in [-0.2, 0) is 16.1 Å². The van der Waals surface area contributed by atoms with Crippen LogP contribution in [0.25, 0.3) is 0 Å². The third kappa shape index (κ3) is 4.60. The van der Waals surface area contributed by atoms with Gasteiger partial charge in [-0.05, 0) is 24.6 Å². The highest BCUT2D eigenvalue weighted by molar-refractivity contribution is 5.42. The van der Waals surface area contributed by atoms with Crippen molar-refractivity contribution in [3.05, 3.63) is 23.4 Å². The molecular weight excluding hydrogens is 232 g/mol. The molecule has 0 amide bonds. The summed E-state index contributed by atoms with van der Waals surface area (Å²) in [7, 11) is 3.36. The molecule has 1 heterocycles. The van der Waals surface area contributed by atoms with E-state index < -0.39 is 0 Å². The number of aromatic nitrogens is 1. The molecule has 1 rings (SSSR count). The number of rotatable bonds is 8. The van der Waals surface area contributed by atoms with Gasteiger partial charge < -0.3 is 19.5 Å². The first-order valence-corrected chi connectivity index (χ1v) is 6.02. The van der Waals surface area contributed by atoms with Crippen molar-refractivity contribution >= 4 is 5.82 Å². The molecule has 102 valence electrons. The molecule has 5 heteroatoms. The van der Waals surface area contributed by atoms with Gasteiger partial charge in [0.15, 0.2) is 0 Å². The van der Waals surface area contributed by atoms with E-state index in [0.717, 1.165) is 30.2 Å². The third-order valence-electron chi connectivity index (χ3n) is 2.64. The van der Waals surface area contributed by atoms with Crippen LogP contribution in [-0.4, -0.2) is 50.6 Å². The lowest BCUT2D eigenvalue weighted by molar-refractivity contribution is 0.190. The summed E-state index contributed by atoms with van der Waals surface area (Å²) < 4.78 is 10.2. The average molecular weight is 254 g/mol. The number of hydrogen-bond acceptors (Lipinski definition) is 5. The van der Waals surface area contributed by atoms with Crippen LogP contribution in [0.1, 0.15) is 11.3 Å². The molecule has 0 aromatic carbocycles. The topological polar surface area (TPSA) is 54.8 Å². The number of pyridine rings is 1. The van der Waals surface area contributed by atoms with Crippen molar-refractivity contribution in [2.45, 2.75) is 13.5 Å². The highest BCUT2D eigenvalue weighted by atomic mass is 16.5. The van der Waals surface area contributed by atoms with Crippen molar-refractivity contribution in [2.24, 2.45) is 0 Å². The smallest absolute Gasteiger partial charge is 0.129 e. The predicted octanol–water partition coefficient (Wildman–Crippen LogP) is 0.982. The van der Waals surface area contributed by atoms with Crippen molar-refractivity contribution in [3.63, 3.8) is 0 Å². The molecule has 0 atom stereocenters. The van der Waals surface area contributed by atoms with Crippen LogP contribution in [0, 0.1) is 6.92 Å². The fourth-order valence-corrected chi connectivity index (χ4v) is 1.72. The third-order valence-corrected chi connectivity index (χ3v) is 2.64. The summed E-state index contributed by atoms with van der Waals surface area (Å²) in [6, 6.07) is 3.78. The molecule has 0 saturated carbocycles. The fraction of sp³-hybridized carbons (Fsp3) is 0.615. The highest BCUT2D eigenvalue weighted by Gasteiger charge is 2.09. The molecule has 1 N–H and O–H groups in total. The minimum Gasteiger partial charge on any atom is -0.392 e. The summed E-state index contributed by atoms with van der Waals surface area (Å²) in [6.07, 6.45) is 0. The summed E-state index contributed by atoms with van der Waals surface area (Å²) >= 11 is 0. The second-order valence-corrected chi connectivity index (χ2v) is 4.11. The van der Waals surface area contributed by atoms with Gasteiger partial charge in [0.2, 0.25) is 0 Å². The lowest BCUT2D eigenvalue weighted by Gasteiger charge is -2.24. The van der Waals surface area contributed by atoms with E-state index >= 15 is 0 Å². The Labute approximate surface area is 108 Å². The predicted molar refractivity (Wildman–Crippen MR) is 70.9 cm³/mol. The van der Waals surface area contributed by atoms with Crippen LogP contribution in [0.15, 0.2) is 12.1 Å². The number of aliphatic hydroxyl groups excluding tert-OH is 1. The van der Waals surface area contributed by atoms with Crippen molar-refractivity contribution < 1.29 is 14.6 Å². The van der Waals surface area contributed by atoms with Crippen molar-refractivity contribution in [3.8, 4) is 0 Å². The van der Waals surface area contributed by atoms with Gasteiger partial charge >= 0.3 is 0 Å². The number of aliphatic hydroxyl groups is 1. The number of nitrogens with zero attached hydrogens (tertiary/aromatic N) is 2. The zero-order valence-electron chi connectivity index (χ0n) is 11.3. The van der Waals surface area contributed by atoms with E-state index in [1.165, 1.54) is 0 Å². The van der Waals surface area contributed by atoms with Crippen LogP contribution in [0.3, 0.4) is 0 Å². The van der Waals surface area contributed by atoms with Crippen LogP contribution in [0.2, 0.25) is 0 Å². The Bertz CT molecular complexity index is 350. The Morgan fingerprint density at radius 1 is 1.17 bits per heavy atom. The molecule has 0 saturated heterocycles. The summed E-state index contributed by atoms with van der Waals surface area (Å²) in [4.78, 5) is 6.59. The van der Waals surface area contributed by atoms with E-state index in [1.807, 2.05) is 19.1 Å². The molecule has 0 bridgehead atoms. The number of aryl methyl sites for hydroxylation is 1.